The molecule has 2 aromatic rings. The second-order valence-corrected chi connectivity index (χ2v) is 3.32. The Hall–Kier alpha value is -2.18. The standard InChI is InChI=1S/C10H14N6O/c1-3-16-6-7(5-12-16)8-13-9(11)15-10(14-8)17-4-2/h5-6H,3-4H2,1-2H3,(H2,11,13,14,15). The number of nitrogen functional groups attached to an aromatic ring is 1. The summed E-state index contributed by atoms with van der Waals surface area (Å²) in [6.07, 6.45) is 3.54. The molecule has 2 aromatic heterocycles. The molecule has 17 heavy (non-hydrogen) atoms. The number of anilines is 1. The highest BCUT2D eigenvalue weighted by molar-refractivity contribution is 5.53. The van der Waals surface area contributed by atoms with Gasteiger partial charge in [-0.05, 0) is 13.8 Å². The molecule has 7 nitrogen and oxygen atoms in total. The summed E-state index contributed by atoms with van der Waals surface area (Å²) >= 11 is 0. The Kier molecular flexibility index (Phi) is 3.17. The molecule has 0 amide bonds. The number of nitrogens with two attached hydrogens (primary N) is 1. The van der Waals surface area contributed by atoms with Crippen LogP contribution >= 0.6 is 0 Å². The van der Waals surface area contributed by atoms with Gasteiger partial charge in [-0.3, -0.25) is 4.68 Å². The van der Waals surface area contributed by atoms with Gasteiger partial charge in [0.15, 0.2) is 5.82 Å². The van der Waals surface area contributed by atoms with Gasteiger partial charge in [-0.15, -0.1) is 0 Å². The Morgan fingerprint density at radius 2 is 2.12 bits per heavy atom. The van der Waals surface area contributed by atoms with Gasteiger partial charge in [0.2, 0.25) is 5.95 Å². The molecule has 0 aliphatic heterocycles. The Morgan fingerprint density at radius 1 is 1.29 bits per heavy atom. The van der Waals surface area contributed by atoms with Crippen molar-refractivity contribution in [1.29, 1.82) is 0 Å². The molecule has 0 saturated heterocycles. The largest absolute Gasteiger partial charge is 0.464 e. The smallest absolute Gasteiger partial charge is 0.321 e. The van der Waals surface area contributed by atoms with Gasteiger partial charge in [-0.2, -0.15) is 20.1 Å². The van der Waals surface area contributed by atoms with Crippen LogP contribution in [0, 0.1) is 0 Å². The van der Waals surface area contributed by atoms with Crippen LogP contribution in [0.1, 0.15) is 13.8 Å². The van der Waals surface area contributed by atoms with Gasteiger partial charge < -0.3 is 10.5 Å². The maximum atomic E-state index is 5.60. The molecule has 0 saturated carbocycles. The predicted molar refractivity (Wildman–Crippen MR) is 62.3 cm³/mol. The van der Waals surface area contributed by atoms with Crippen molar-refractivity contribution in [3.63, 3.8) is 0 Å². The molecule has 0 radical (unpaired) electrons. The Morgan fingerprint density at radius 3 is 2.76 bits per heavy atom. The molecule has 0 aliphatic carbocycles. The molecule has 90 valence electrons. The lowest BCUT2D eigenvalue weighted by atomic mass is 10.3. The van der Waals surface area contributed by atoms with E-state index in [0.29, 0.717) is 12.4 Å². The minimum Gasteiger partial charge on any atom is -0.464 e. The lowest BCUT2D eigenvalue weighted by Crippen LogP contribution is -2.04. The van der Waals surface area contributed by atoms with E-state index in [2.05, 4.69) is 20.1 Å². The summed E-state index contributed by atoms with van der Waals surface area (Å²) in [6, 6.07) is 0.235. The quantitative estimate of drug-likeness (QED) is 0.838. The molecule has 2 N–H and O–H groups in total. The van der Waals surface area contributed by atoms with E-state index >= 15 is 0 Å². The van der Waals surface area contributed by atoms with Crippen LogP contribution in [0.5, 0.6) is 6.01 Å². The first-order valence-corrected chi connectivity index (χ1v) is 5.40. The fourth-order valence-electron chi connectivity index (χ4n) is 1.35. The fourth-order valence-corrected chi connectivity index (χ4v) is 1.35. The molecule has 7 heteroatoms. The van der Waals surface area contributed by atoms with Gasteiger partial charge >= 0.3 is 6.01 Å². The first kappa shape index (κ1) is 11.3. The number of ether oxygens (including phenoxy) is 1. The summed E-state index contributed by atoms with van der Waals surface area (Å²) in [5, 5.41) is 4.15. The van der Waals surface area contributed by atoms with Crippen LogP contribution in [0.15, 0.2) is 12.4 Å². The van der Waals surface area contributed by atoms with E-state index in [0.717, 1.165) is 12.1 Å². The highest BCUT2D eigenvalue weighted by Crippen LogP contribution is 2.16. The Bertz CT molecular complexity index is 509. The minimum atomic E-state index is 0.141. The van der Waals surface area contributed by atoms with Crippen LogP contribution in [-0.4, -0.2) is 31.3 Å². The summed E-state index contributed by atoms with van der Waals surface area (Å²) in [5.41, 5.74) is 6.39. The first-order valence-electron chi connectivity index (χ1n) is 5.40. The number of aryl methyl sites for hydroxylation is 1. The second kappa shape index (κ2) is 4.77. The van der Waals surface area contributed by atoms with Gasteiger partial charge in [0.1, 0.15) is 0 Å². The summed E-state index contributed by atoms with van der Waals surface area (Å²) in [5.74, 6) is 0.614. The van der Waals surface area contributed by atoms with Crippen molar-refractivity contribution in [2.75, 3.05) is 12.3 Å². The zero-order valence-electron chi connectivity index (χ0n) is 9.79. The van der Waals surface area contributed by atoms with Crippen LogP contribution in [0.25, 0.3) is 11.4 Å². The van der Waals surface area contributed by atoms with Crippen molar-refractivity contribution in [1.82, 2.24) is 24.7 Å². The molecule has 2 rings (SSSR count). The lowest BCUT2D eigenvalue weighted by molar-refractivity contribution is 0.312. The maximum Gasteiger partial charge on any atom is 0.321 e. The van der Waals surface area contributed by atoms with E-state index in [9.17, 15) is 0 Å². The Balaban J connectivity index is 2.37. The number of hydrogen-bond acceptors (Lipinski definition) is 6. The van der Waals surface area contributed by atoms with Crippen LogP contribution < -0.4 is 10.5 Å². The first-order chi connectivity index (χ1) is 8.22. The van der Waals surface area contributed by atoms with Crippen molar-refractivity contribution in [2.24, 2.45) is 0 Å². The third-order valence-electron chi connectivity index (χ3n) is 2.12. The number of rotatable bonds is 4. The van der Waals surface area contributed by atoms with Gasteiger partial charge in [0.05, 0.1) is 18.4 Å². The van der Waals surface area contributed by atoms with Crippen LogP contribution in [0.4, 0.5) is 5.95 Å². The summed E-state index contributed by atoms with van der Waals surface area (Å²) in [4.78, 5) is 12.1. The van der Waals surface area contributed by atoms with Crippen molar-refractivity contribution in [2.45, 2.75) is 20.4 Å². The van der Waals surface area contributed by atoms with Crippen LogP contribution in [-0.2, 0) is 6.54 Å². The van der Waals surface area contributed by atoms with Crippen molar-refractivity contribution in [3.05, 3.63) is 12.4 Å². The number of hydrogen-bond donors (Lipinski definition) is 1. The van der Waals surface area contributed by atoms with Crippen LogP contribution in [0.3, 0.4) is 0 Å². The number of aromatic nitrogens is 5. The number of nitrogens with zero attached hydrogens (tertiary/aromatic N) is 5. The monoisotopic (exact) mass is 234 g/mol. The highest BCUT2D eigenvalue weighted by atomic mass is 16.5. The molecule has 0 aromatic carbocycles. The summed E-state index contributed by atoms with van der Waals surface area (Å²) in [6.45, 7) is 5.13. The van der Waals surface area contributed by atoms with Crippen molar-refractivity contribution in [3.8, 4) is 17.4 Å². The zero-order valence-corrected chi connectivity index (χ0v) is 9.79. The van der Waals surface area contributed by atoms with Gasteiger partial charge in [-0.1, -0.05) is 0 Å². The van der Waals surface area contributed by atoms with E-state index in [1.165, 1.54) is 0 Å². The highest BCUT2D eigenvalue weighted by Gasteiger charge is 2.09. The normalized spacial score (nSPS) is 10.5. The molecular weight excluding hydrogens is 220 g/mol. The summed E-state index contributed by atoms with van der Waals surface area (Å²) in [7, 11) is 0. The van der Waals surface area contributed by atoms with Gasteiger partial charge in [0, 0.05) is 12.7 Å². The second-order valence-electron chi connectivity index (χ2n) is 3.32. The van der Waals surface area contributed by atoms with Gasteiger partial charge in [-0.25, -0.2) is 0 Å². The van der Waals surface area contributed by atoms with E-state index in [-0.39, 0.29) is 12.0 Å². The Labute approximate surface area is 98.7 Å². The lowest BCUT2D eigenvalue weighted by Gasteiger charge is -2.03. The van der Waals surface area contributed by atoms with Crippen LogP contribution in [0.2, 0.25) is 0 Å². The van der Waals surface area contributed by atoms with E-state index in [4.69, 9.17) is 10.5 Å². The molecule has 0 aliphatic rings. The molecule has 0 unspecified atom stereocenters. The van der Waals surface area contributed by atoms with E-state index in [1.54, 1.807) is 10.9 Å². The molecule has 2 heterocycles. The predicted octanol–water partition coefficient (Wildman–Crippen LogP) is 0.736. The molecule has 0 spiro atoms. The zero-order chi connectivity index (χ0) is 12.3. The van der Waals surface area contributed by atoms with Crippen molar-refractivity contribution < 1.29 is 4.74 Å². The SMILES string of the molecule is CCOc1nc(N)nc(-c2cnn(CC)c2)n1. The van der Waals surface area contributed by atoms with Gasteiger partial charge in [0.25, 0.3) is 0 Å². The third kappa shape index (κ3) is 2.49. The molecule has 0 atom stereocenters. The molecule has 0 bridgehead atoms. The van der Waals surface area contributed by atoms with E-state index < -0.39 is 0 Å². The molecular formula is C10H14N6O. The maximum absolute atomic E-state index is 5.60. The average Bonchev–Trinajstić information content (AvgIpc) is 2.77. The average molecular weight is 234 g/mol. The summed E-state index contributed by atoms with van der Waals surface area (Å²) < 4.78 is 7.00. The van der Waals surface area contributed by atoms with Crippen molar-refractivity contribution >= 4 is 5.95 Å². The van der Waals surface area contributed by atoms with E-state index in [1.807, 2.05) is 20.0 Å². The minimum absolute atomic E-state index is 0.141. The third-order valence-corrected chi connectivity index (χ3v) is 2.12. The fraction of sp³-hybridized carbons (Fsp3) is 0.400. The topological polar surface area (TPSA) is 91.7 Å². The molecule has 0 fully saturated rings.